The standard InChI is InChI=1S/C12H14O5S2/c1-16-11(14)6-18-8-3-4-9(13)10(5-8)19-7-12(15)17-2/h3-5,13H,6-7H2,1-2H3/p-1. The highest BCUT2D eigenvalue weighted by molar-refractivity contribution is 8.00. The van der Waals surface area contributed by atoms with Crippen molar-refractivity contribution in [3.05, 3.63) is 18.2 Å². The first-order valence-corrected chi connectivity index (χ1v) is 7.24. The predicted molar refractivity (Wildman–Crippen MR) is 71.4 cm³/mol. The molecule has 0 unspecified atom stereocenters. The monoisotopic (exact) mass is 301 g/mol. The first kappa shape index (κ1) is 15.7. The van der Waals surface area contributed by atoms with Crippen molar-refractivity contribution >= 4 is 35.5 Å². The van der Waals surface area contributed by atoms with Gasteiger partial charge in [-0.25, -0.2) is 0 Å². The van der Waals surface area contributed by atoms with Crippen molar-refractivity contribution in [1.82, 2.24) is 0 Å². The van der Waals surface area contributed by atoms with E-state index in [-0.39, 0.29) is 23.2 Å². The van der Waals surface area contributed by atoms with Gasteiger partial charge < -0.3 is 14.6 Å². The van der Waals surface area contributed by atoms with E-state index in [0.717, 1.165) is 16.7 Å². The average molecular weight is 301 g/mol. The van der Waals surface area contributed by atoms with Crippen LogP contribution in [0.2, 0.25) is 0 Å². The molecule has 0 aromatic heterocycles. The van der Waals surface area contributed by atoms with Gasteiger partial charge in [0.15, 0.2) is 0 Å². The van der Waals surface area contributed by atoms with E-state index < -0.39 is 5.97 Å². The molecule has 0 spiro atoms. The number of ether oxygens (including phenoxy) is 2. The summed E-state index contributed by atoms with van der Waals surface area (Å²) >= 11 is 2.39. The Bertz CT molecular complexity index is 461. The fourth-order valence-electron chi connectivity index (χ4n) is 1.09. The van der Waals surface area contributed by atoms with Gasteiger partial charge in [-0.2, -0.15) is 0 Å². The number of hydrogen-bond acceptors (Lipinski definition) is 7. The Labute approximate surface area is 119 Å². The van der Waals surface area contributed by atoms with Gasteiger partial charge in [-0.3, -0.25) is 9.59 Å². The Balaban J connectivity index is 2.65. The third kappa shape index (κ3) is 5.44. The molecular formula is C12H13O5S2-. The lowest BCUT2D eigenvalue weighted by molar-refractivity contribution is -0.272. The molecule has 0 saturated heterocycles. The molecule has 1 rings (SSSR count). The summed E-state index contributed by atoms with van der Waals surface area (Å²) in [5, 5.41) is 11.6. The third-order valence-corrected chi connectivity index (χ3v) is 4.05. The van der Waals surface area contributed by atoms with Crippen LogP contribution in [0, 0.1) is 0 Å². The van der Waals surface area contributed by atoms with Crippen molar-refractivity contribution in [2.75, 3.05) is 25.7 Å². The fraction of sp³-hybridized carbons (Fsp3) is 0.333. The van der Waals surface area contributed by atoms with Crippen LogP contribution in [0.5, 0.6) is 5.75 Å². The second-order valence-corrected chi connectivity index (χ2v) is 5.40. The van der Waals surface area contributed by atoms with E-state index in [1.807, 2.05) is 0 Å². The van der Waals surface area contributed by atoms with Crippen LogP contribution in [-0.2, 0) is 19.1 Å². The van der Waals surface area contributed by atoms with Gasteiger partial charge in [0.05, 0.1) is 25.7 Å². The van der Waals surface area contributed by atoms with Gasteiger partial charge in [0.25, 0.3) is 0 Å². The average Bonchev–Trinajstić information content (AvgIpc) is 2.44. The Kier molecular flexibility index (Phi) is 6.58. The predicted octanol–water partition coefficient (Wildman–Crippen LogP) is 1.29. The summed E-state index contributed by atoms with van der Waals surface area (Å²) in [5.41, 5.74) is 0. The van der Waals surface area contributed by atoms with Crippen LogP contribution in [0.25, 0.3) is 0 Å². The zero-order valence-corrected chi connectivity index (χ0v) is 12.1. The SMILES string of the molecule is COC(=O)CSc1ccc([O-])c(SCC(=O)OC)c1. The normalized spacial score (nSPS) is 10.0. The summed E-state index contributed by atoms with van der Waals surface area (Å²) in [4.78, 5) is 23.3. The molecule has 0 aliphatic rings. The molecule has 104 valence electrons. The van der Waals surface area contributed by atoms with Crippen molar-refractivity contribution in [3.8, 4) is 5.75 Å². The Morgan fingerprint density at radius 2 is 1.68 bits per heavy atom. The lowest BCUT2D eigenvalue weighted by atomic mass is 10.3. The topological polar surface area (TPSA) is 75.7 Å². The van der Waals surface area contributed by atoms with Gasteiger partial charge in [-0.05, 0) is 12.1 Å². The molecule has 0 aliphatic carbocycles. The number of carbonyl (C=O) groups excluding carboxylic acids is 2. The Morgan fingerprint density at radius 3 is 2.26 bits per heavy atom. The summed E-state index contributed by atoms with van der Waals surface area (Å²) in [6.45, 7) is 0. The van der Waals surface area contributed by atoms with E-state index in [1.165, 1.54) is 32.0 Å². The van der Waals surface area contributed by atoms with Crippen molar-refractivity contribution < 1.29 is 24.2 Å². The van der Waals surface area contributed by atoms with E-state index >= 15 is 0 Å². The van der Waals surface area contributed by atoms with E-state index in [2.05, 4.69) is 9.47 Å². The van der Waals surface area contributed by atoms with Crippen molar-refractivity contribution in [2.45, 2.75) is 9.79 Å². The second kappa shape index (κ2) is 7.96. The molecule has 1 aromatic rings. The van der Waals surface area contributed by atoms with Crippen LogP contribution >= 0.6 is 23.5 Å². The molecule has 0 radical (unpaired) electrons. The summed E-state index contributed by atoms with van der Waals surface area (Å²) < 4.78 is 9.04. The maximum atomic E-state index is 11.6. The summed E-state index contributed by atoms with van der Waals surface area (Å²) in [7, 11) is 2.62. The molecule has 5 nitrogen and oxygen atoms in total. The molecule has 19 heavy (non-hydrogen) atoms. The van der Waals surface area contributed by atoms with Gasteiger partial charge in [0.2, 0.25) is 0 Å². The first-order valence-electron chi connectivity index (χ1n) is 5.27. The number of thioether (sulfide) groups is 2. The zero-order valence-electron chi connectivity index (χ0n) is 10.5. The minimum atomic E-state index is -0.392. The Morgan fingerprint density at radius 1 is 1.11 bits per heavy atom. The molecule has 0 amide bonds. The third-order valence-electron chi connectivity index (χ3n) is 2.07. The van der Waals surface area contributed by atoms with Gasteiger partial charge >= 0.3 is 11.9 Å². The molecule has 0 bridgehead atoms. The number of hydrogen-bond donors (Lipinski definition) is 0. The number of methoxy groups -OCH3 is 2. The number of carbonyl (C=O) groups is 2. The maximum Gasteiger partial charge on any atom is 0.315 e. The molecule has 0 fully saturated rings. The lowest BCUT2D eigenvalue weighted by Gasteiger charge is -2.13. The summed E-state index contributed by atoms with van der Waals surface area (Å²) in [6, 6.07) is 4.71. The summed E-state index contributed by atoms with van der Waals surface area (Å²) in [5.74, 6) is -0.625. The summed E-state index contributed by atoms with van der Waals surface area (Å²) in [6.07, 6.45) is 0. The van der Waals surface area contributed by atoms with Crippen molar-refractivity contribution in [3.63, 3.8) is 0 Å². The van der Waals surface area contributed by atoms with Crippen LogP contribution in [0.15, 0.2) is 28.0 Å². The van der Waals surface area contributed by atoms with E-state index in [1.54, 1.807) is 12.1 Å². The van der Waals surface area contributed by atoms with Crippen LogP contribution in [0.4, 0.5) is 0 Å². The highest BCUT2D eigenvalue weighted by Gasteiger charge is 2.06. The van der Waals surface area contributed by atoms with Gasteiger partial charge in [0, 0.05) is 9.79 Å². The quantitative estimate of drug-likeness (QED) is 0.579. The molecule has 0 atom stereocenters. The minimum absolute atomic E-state index is 0.0802. The molecule has 0 aliphatic heterocycles. The molecular weight excluding hydrogens is 288 g/mol. The second-order valence-electron chi connectivity index (χ2n) is 3.34. The minimum Gasteiger partial charge on any atom is -0.872 e. The van der Waals surface area contributed by atoms with Gasteiger partial charge in [0.1, 0.15) is 0 Å². The van der Waals surface area contributed by atoms with E-state index in [0.29, 0.717) is 4.90 Å². The highest BCUT2D eigenvalue weighted by Crippen LogP contribution is 2.31. The number of esters is 2. The number of benzene rings is 1. The van der Waals surface area contributed by atoms with Crippen molar-refractivity contribution in [1.29, 1.82) is 0 Å². The molecule has 0 N–H and O–H groups in total. The highest BCUT2D eigenvalue weighted by atomic mass is 32.2. The van der Waals surface area contributed by atoms with E-state index in [9.17, 15) is 14.7 Å². The molecule has 1 aromatic carbocycles. The van der Waals surface area contributed by atoms with Crippen LogP contribution in [-0.4, -0.2) is 37.7 Å². The zero-order chi connectivity index (χ0) is 14.3. The van der Waals surface area contributed by atoms with Crippen LogP contribution in [0.1, 0.15) is 0 Å². The molecule has 0 saturated carbocycles. The van der Waals surface area contributed by atoms with Gasteiger partial charge in [-0.1, -0.05) is 11.8 Å². The largest absolute Gasteiger partial charge is 0.872 e. The number of rotatable bonds is 6. The van der Waals surface area contributed by atoms with Crippen LogP contribution in [0.3, 0.4) is 0 Å². The molecule has 0 heterocycles. The molecule has 7 heteroatoms. The van der Waals surface area contributed by atoms with E-state index in [4.69, 9.17) is 0 Å². The maximum absolute atomic E-state index is 11.6. The van der Waals surface area contributed by atoms with Gasteiger partial charge in [-0.15, -0.1) is 23.5 Å². The van der Waals surface area contributed by atoms with Crippen LogP contribution < -0.4 is 5.11 Å². The lowest BCUT2D eigenvalue weighted by Crippen LogP contribution is -2.04. The fourth-order valence-corrected chi connectivity index (χ4v) is 2.74. The first-order chi connectivity index (χ1) is 9.06. The Hall–Kier alpha value is -1.34. The van der Waals surface area contributed by atoms with Crippen molar-refractivity contribution in [2.24, 2.45) is 0 Å². The smallest absolute Gasteiger partial charge is 0.315 e.